The number of carbonyl (C=O) groups is 1. The van der Waals surface area contributed by atoms with Gasteiger partial charge in [-0.3, -0.25) is 0 Å². The highest BCUT2D eigenvalue weighted by atomic mass is 32.2. The Morgan fingerprint density at radius 2 is 1.13 bits per heavy atom. The summed E-state index contributed by atoms with van der Waals surface area (Å²) >= 11 is 0. The quantitative estimate of drug-likeness (QED) is 0.144. The third-order valence-corrected chi connectivity index (χ3v) is 8.69. The third-order valence-electron chi connectivity index (χ3n) is 6.88. The van der Waals surface area contributed by atoms with Gasteiger partial charge in [0.15, 0.2) is 9.84 Å². The molecule has 0 saturated heterocycles. The first-order chi connectivity index (χ1) is 18.4. The van der Waals surface area contributed by atoms with Gasteiger partial charge in [-0.05, 0) is 37.1 Å². The van der Waals surface area contributed by atoms with Crippen molar-refractivity contribution in [2.75, 3.05) is 12.4 Å². The molecule has 0 spiro atoms. The Balaban J connectivity index is 1.30. The molecule has 2 rings (SSSR count). The molecule has 0 amide bonds. The normalized spacial score (nSPS) is 11.5. The minimum Gasteiger partial charge on any atom is -0.507 e. The van der Waals surface area contributed by atoms with Crippen molar-refractivity contribution in [1.29, 1.82) is 0 Å². The average molecular weight is 547 g/mol. The number of carboxylic acids is 1. The molecule has 0 bridgehead atoms. The molecule has 0 unspecified atom stereocenters. The van der Waals surface area contributed by atoms with Gasteiger partial charge in [0, 0.05) is 6.07 Å². The predicted octanol–water partition coefficient (Wildman–Crippen LogP) is 8.18. The molecule has 0 fully saturated rings. The van der Waals surface area contributed by atoms with E-state index < -0.39 is 15.8 Å². The van der Waals surface area contributed by atoms with E-state index in [0.29, 0.717) is 17.3 Å². The monoisotopic (exact) mass is 546 g/mol. The van der Waals surface area contributed by atoms with Gasteiger partial charge in [-0.2, -0.15) is 0 Å². The molecule has 0 heterocycles. The van der Waals surface area contributed by atoms with Crippen LogP contribution in [0.15, 0.2) is 53.4 Å². The van der Waals surface area contributed by atoms with Crippen LogP contribution in [0.1, 0.15) is 113 Å². The first-order valence-electron chi connectivity index (χ1n) is 14.4. The zero-order chi connectivity index (χ0) is 27.5. The Kier molecular flexibility index (Phi) is 15.6. The van der Waals surface area contributed by atoms with Crippen molar-refractivity contribution in [3.63, 3.8) is 0 Å². The second-order valence-electron chi connectivity index (χ2n) is 10.1. The lowest BCUT2D eigenvalue weighted by Gasteiger charge is -2.08. The lowest BCUT2D eigenvalue weighted by molar-refractivity contribution is 0.0693. The molecule has 2 N–H and O–H groups in total. The van der Waals surface area contributed by atoms with Crippen molar-refractivity contribution >= 4 is 15.8 Å². The van der Waals surface area contributed by atoms with Gasteiger partial charge in [0.2, 0.25) is 0 Å². The van der Waals surface area contributed by atoms with E-state index in [-0.39, 0.29) is 17.1 Å². The summed E-state index contributed by atoms with van der Waals surface area (Å²) in [5.41, 5.74) is -0.115. The number of hydrogen-bond donors (Lipinski definition) is 2. The Bertz CT molecular complexity index is 1020. The highest BCUT2D eigenvalue weighted by molar-refractivity contribution is 7.91. The topological polar surface area (TPSA) is 101 Å². The Morgan fingerprint density at radius 1 is 0.658 bits per heavy atom. The fourth-order valence-electron chi connectivity index (χ4n) is 4.59. The number of unbranched alkanes of at least 4 members (excludes halogenated alkanes) is 15. The number of carboxylic acid groups (broad SMARTS) is 1. The van der Waals surface area contributed by atoms with Crippen LogP contribution in [0, 0.1) is 0 Å². The molecule has 0 aromatic heterocycles. The maximum Gasteiger partial charge on any atom is 0.339 e. The van der Waals surface area contributed by atoms with Crippen LogP contribution in [0.3, 0.4) is 0 Å². The van der Waals surface area contributed by atoms with Gasteiger partial charge in [-0.25, -0.2) is 13.2 Å². The molecular weight excluding hydrogens is 500 g/mol. The smallest absolute Gasteiger partial charge is 0.339 e. The van der Waals surface area contributed by atoms with Crippen LogP contribution in [0.5, 0.6) is 11.5 Å². The SMILES string of the molecule is O=C(O)c1ccc(OCCCCCCCCCCCCCCCCCCS(=O)(=O)c2ccccc2)cc1O. The molecule has 0 aliphatic heterocycles. The highest BCUT2D eigenvalue weighted by Crippen LogP contribution is 2.24. The summed E-state index contributed by atoms with van der Waals surface area (Å²) in [7, 11) is -3.12. The van der Waals surface area contributed by atoms with Crippen molar-refractivity contribution in [2.24, 2.45) is 0 Å². The number of phenols is 1. The van der Waals surface area contributed by atoms with Crippen LogP contribution < -0.4 is 4.74 Å². The standard InChI is InChI=1S/C31H46O6S/c32-30-26-27(22-23-29(30)31(33)34)37-24-18-13-11-9-7-5-3-1-2-4-6-8-10-12-14-19-25-38(35,36)28-20-16-15-17-21-28/h15-17,20-23,26,32H,1-14,18-19,24-25H2,(H,33,34). The third kappa shape index (κ3) is 13.3. The van der Waals surface area contributed by atoms with Crippen molar-refractivity contribution in [2.45, 2.75) is 108 Å². The second-order valence-corrected chi connectivity index (χ2v) is 12.2. The van der Waals surface area contributed by atoms with Crippen LogP contribution in [-0.2, 0) is 9.84 Å². The number of hydrogen-bond acceptors (Lipinski definition) is 5. The minimum absolute atomic E-state index is 0.115. The summed E-state index contributed by atoms with van der Waals surface area (Å²) in [6.07, 6.45) is 19.0. The number of aromatic hydroxyl groups is 1. The average Bonchev–Trinajstić information content (AvgIpc) is 2.90. The van der Waals surface area contributed by atoms with E-state index in [1.807, 2.05) is 6.07 Å². The molecule has 0 atom stereocenters. The summed E-state index contributed by atoms with van der Waals surface area (Å²) in [6.45, 7) is 0.571. The Labute approximate surface area is 229 Å². The fraction of sp³-hybridized carbons (Fsp3) is 0.581. The number of benzene rings is 2. The van der Waals surface area contributed by atoms with Crippen LogP contribution in [0.4, 0.5) is 0 Å². The molecule has 6 nitrogen and oxygen atoms in total. The highest BCUT2D eigenvalue weighted by Gasteiger charge is 2.13. The van der Waals surface area contributed by atoms with Gasteiger partial charge in [0.05, 0.1) is 17.3 Å². The van der Waals surface area contributed by atoms with Crippen molar-refractivity contribution in [3.8, 4) is 11.5 Å². The molecule has 2 aromatic rings. The van der Waals surface area contributed by atoms with Crippen molar-refractivity contribution in [3.05, 3.63) is 54.1 Å². The van der Waals surface area contributed by atoms with E-state index in [2.05, 4.69) is 0 Å². The van der Waals surface area contributed by atoms with Crippen LogP contribution >= 0.6 is 0 Å². The van der Waals surface area contributed by atoms with E-state index >= 15 is 0 Å². The number of rotatable bonds is 22. The Morgan fingerprint density at radius 3 is 1.61 bits per heavy atom. The number of aromatic carboxylic acids is 1. The van der Waals surface area contributed by atoms with E-state index in [1.54, 1.807) is 30.3 Å². The summed E-state index contributed by atoms with van der Waals surface area (Å²) < 4.78 is 30.1. The minimum atomic E-state index is -3.12. The van der Waals surface area contributed by atoms with Crippen LogP contribution in [0.2, 0.25) is 0 Å². The summed E-state index contributed by atoms with van der Waals surface area (Å²) in [5.74, 6) is -0.661. The molecule has 38 heavy (non-hydrogen) atoms. The first kappa shape index (κ1) is 31.7. The van der Waals surface area contributed by atoms with Crippen molar-refractivity contribution in [1.82, 2.24) is 0 Å². The second kappa shape index (κ2) is 18.7. The van der Waals surface area contributed by atoms with Gasteiger partial charge in [-0.15, -0.1) is 0 Å². The Hall–Kier alpha value is -2.54. The van der Waals surface area contributed by atoms with Gasteiger partial charge in [0.25, 0.3) is 0 Å². The molecule has 2 aromatic carbocycles. The van der Waals surface area contributed by atoms with E-state index in [0.717, 1.165) is 32.1 Å². The summed E-state index contributed by atoms with van der Waals surface area (Å²) in [6, 6.07) is 13.0. The van der Waals surface area contributed by atoms with Gasteiger partial charge >= 0.3 is 5.97 Å². The van der Waals surface area contributed by atoms with Gasteiger partial charge in [0.1, 0.15) is 17.1 Å². The van der Waals surface area contributed by atoms with E-state index in [9.17, 15) is 18.3 Å². The molecular formula is C31H46O6S. The zero-order valence-corrected chi connectivity index (χ0v) is 23.6. The lowest BCUT2D eigenvalue weighted by atomic mass is 10.0. The predicted molar refractivity (Wildman–Crippen MR) is 153 cm³/mol. The summed E-state index contributed by atoms with van der Waals surface area (Å²) in [5, 5.41) is 18.6. The lowest BCUT2D eigenvalue weighted by Crippen LogP contribution is -2.06. The molecule has 0 aliphatic rings. The van der Waals surface area contributed by atoms with Crippen LogP contribution in [0.25, 0.3) is 0 Å². The van der Waals surface area contributed by atoms with Gasteiger partial charge in [-0.1, -0.05) is 108 Å². The fourth-order valence-corrected chi connectivity index (χ4v) is 5.98. The maximum atomic E-state index is 12.3. The molecule has 0 radical (unpaired) electrons. The molecule has 0 saturated carbocycles. The maximum absolute atomic E-state index is 12.3. The molecule has 0 aliphatic carbocycles. The molecule has 212 valence electrons. The molecule has 7 heteroatoms. The first-order valence-corrected chi connectivity index (χ1v) is 16.0. The van der Waals surface area contributed by atoms with E-state index in [1.165, 1.54) is 82.8 Å². The van der Waals surface area contributed by atoms with E-state index in [4.69, 9.17) is 9.84 Å². The zero-order valence-electron chi connectivity index (χ0n) is 22.8. The number of sulfone groups is 1. The van der Waals surface area contributed by atoms with Gasteiger partial charge < -0.3 is 14.9 Å². The number of ether oxygens (including phenoxy) is 1. The summed E-state index contributed by atoms with van der Waals surface area (Å²) in [4.78, 5) is 11.3. The van der Waals surface area contributed by atoms with Crippen molar-refractivity contribution < 1.29 is 28.2 Å². The van der Waals surface area contributed by atoms with Crippen LogP contribution in [-0.4, -0.2) is 37.0 Å². The largest absolute Gasteiger partial charge is 0.507 e.